The number of aliphatic imine (C=N–C) groups is 1. The Balaban J connectivity index is 1.36. The van der Waals surface area contributed by atoms with Crippen LogP contribution in [0.25, 0.3) is 0 Å². The number of likely N-dealkylation sites (tertiary alicyclic amines) is 1. The van der Waals surface area contributed by atoms with Gasteiger partial charge in [0.1, 0.15) is 5.75 Å². The molecule has 166 valence electrons. The van der Waals surface area contributed by atoms with Crippen LogP contribution in [0.1, 0.15) is 25.7 Å². The van der Waals surface area contributed by atoms with Gasteiger partial charge in [0.15, 0.2) is 12.6 Å². The van der Waals surface area contributed by atoms with E-state index in [1.165, 1.54) is 0 Å². The van der Waals surface area contributed by atoms with E-state index < -0.39 is 0 Å². The van der Waals surface area contributed by atoms with E-state index >= 15 is 0 Å². The van der Waals surface area contributed by atoms with E-state index in [-0.39, 0.29) is 12.5 Å². The number of hydrogen-bond donors (Lipinski definition) is 2. The van der Waals surface area contributed by atoms with E-state index in [4.69, 9.17) is 9.47 Å². The Hall–Kier alpha value is -2.32. The molecule has 1 aromatic rings. The van der Waals surface area contributed by atoms with Gasteiger partial charge in [-0.25, -0.2) is 0 Å². The highest BCUT2D eigenvalue weighted by Crippen LogP contribution is 2.31. The Morgan fingerprint density at radius 2 is 2.03 bits per heavy atom. The summed E-state index contributed by atoms with van der Waals surface area (Å²) in [6, 6.07) is 8.14. The fourth-order valence-electron chi connectivity index (χ4n) is 3.96. The van der Waals surface area contributed by atoms with E-state index in [1.54, 1.807) is 14.2 Å². The topological polar surface area (TPSA) is 78.4 Å². The molecule has 2 aliphatic rings. The predicted octanol–water partition coefficient (Wildman–Crippen LogP) is 1.47. The van der Waals surface area contributed by atoms with Crippen molar-refractivity contribution in [1.29, 1.82) is 0 Å². The molecule has 2 N–H and O–H groups in total. The minimum Gasteiger partial charge on any atom is -0.482 e. The van der Waals surface area contributed by atoms with Gasteiger partial charge >= 0.3 is 0 Å². The average molecular weight is 418 g/mol. The first-order chi connectivity index (χ1) is 14.7. The standard InChI is InChI=1S/C22H35N5O3/c1-23-22(25-18-9-14-26(15-10-18)12-6-16-29-2)24-11-5-13-27-19-7-3-4-8-20(19)30-17-21(27)28/h3-4,7-8,18H,5-6,9-17H2,1-2H3,(H2,23,24,25). The lowest BCUT2D eigenvalue weighted by Crippen LogP contribution is -2.49. The molecule has 2 heterocycles. The Kier molecular flexibility index (Phi) is 8.77. The predicted molar refractivity (Wildman–Crippen MR) is 119 cm³/mol. The van der Waals surface area contributed by atoms with Crippen LogP contribution in [0.3, 0.4) is 0 Å². The number of piperidine rings is 1. The number of carbonyl (C=O) groups excluding carboxylic acids is 1. The first-order valence-corrected chi connectivity index (χ1v) is 10.9. The summed E-state index contributed by atoms with van der Waals surface area (Å²) in [6.07, 6.45) is 4.16. The first kappa shape index (κ1) is 22.4. The molecule has 0 spiro atoms. The second kappa shape index (κ2) is 11.8. The number of rotatable bonds is 9. The fraction of sp³-hybridized carbons (Fsp3) is 0.636. The van der Waals surface area contributed by atoms with Gasteiger partial charge in [0.2, 0.25) is 0 Å². The lowest BCUT2D eigenvalue weighted by molar-refractivity contribution is -0.121. The molecule has 8 nitrogen and oxygen atoms in total. The van der Waals surface area contributed by atoms with Crippen molar-refractivity contribution in [2.75, 3.05) is 65.0 Å². The summed E-state index contributed by atoms with van der Waals surface area (Å²) in [5.41, 5.74) is 0.855. The number of nitrogens with zero attached hydrogens (tertiary/aromatic N) is 3. The van der Waals surface area contributed by atoms with E-state index in [1.807, 2.05) is 29.2 Å². The molecule has 0 unspecified atom stereocenters. The van der Waals surface area contributed by atoms with Crippen molar-refractivity contribution in [3.05, 3.63) is 24.3 Å². The zero-order chi connectivity index (χ0) is 21.2. The van der Waals surface area contributed by atoms with Crippen LogP contribution in [0.5, 0.6) is 5.75 Å². The highest BCUT2D eigenvalue weighted by molar-refractivity contribution is 5.97. The minimum absolute atomic E-state index is 0.00784. The Bertz CT molecular complexity index is 704. The van der Waals surface area contributed by atoms with Crippen LogP contribution in [0, 0.1) is 0 Å². The molecule has 1 amide bonds. The van der Waals surface area contributed by atoms with Gasteiger partial charge in [-0.15, -0.1) is 0 Å². The van der Waals surface area contributed by atoms with E-state index in [9.17, 15) is 4.79 Å². The molecule has 0 radical (unpaired) electrons. The van der Waals surface area contributed by atoms with Crippen LogP contribution in [-0.2, 0) is 9.53 Å². The monoisotopic (exact) mass is 417 g/mol. The highest BCUT2D eigenvalue weighted by Gasteiger charge is 2.24. The zero-order valence-electron chi connectivity index (χ0n) is 18.2. The third-order valence-corrected chi connectivity index (χ3v) is 5.63. The van der Waals surface area contributed by atoms with Crippen LogP contribution in [0.4, 0.5) is 5.69 Å². The fourth-order valence-corrected chi connectivity index (χ4v) is 3.96. The average Bonchev–Trinajstić information content (AvgIpc) is 2.78. The van der Waals surface area contributed by atoms with E-state index in [2.05, 4.69) is 20.5 Å². The van der Waals surface area contributed by atoms with Crippen molar-refractivity contribution >= 4 is 17.6 Å². The Morgan fingerprint density at radius 3 is 2.80 bits per heavy atom. The zero-order valence-corrected chi connectivity index (χ0v) is 18.2. The molecule has 30 heavy (non-hydrogen) atoms. The maximum Gasteiger partial charge on any atom is 0.265 e. The van der Waals surface area contributed by atoms with Crippen molar-refractivity contribution in [2.45, 2.75) is 31.7 Å². The Morgan fingerprint density at radius 1 is 1.23 bits per heavy atom. The summed E-state index contributed by atoms with van der Waals surface area (Å²) < 4.78 is 10.6. The minimum atomic E-state index is 0.00784. The summed E-state index contributed by atoms with van der Waals surface area (Å²) in [7, 11) is 3.56. The third-order valence-electron chi connectivity index (χ3n) is 5.63. The lowest BCUT2D eigenvalue weighted by atomic mass is 10.1. The summed E-state index contributed by atoms with van der Waals surface area (Å²) in [5, 5.41) is 6.93. The largest absolute Gasteiger partial charge is 0.482 e. The smallest absolute Gasteiger partial charge is 0.265 e. The maximum absolute atomic E-state index is 12.2. The molecule has 0 atom stereocenters. The number of fused-ring (bicyclic) bond motifs is 1. The molecular weight excluding hydrogens is 382 g/mol. The molecule has 8 heteroatoms. The number of para-hydroxylation sites is 2. The number of guanidine groups is 1. The SMILES string of the molecule is CN=C(NCCCN1C(=O)COc2ccccc21)NC1CCN(CCCOC)CC1. The van der Waals surface area contributed by atoms with Crippen molar-refractivity contribution < 1.29 is 14.3 Å². The molecule has 2 aliphatic heterocycles. The van der Waals surface area contributed by atoms with Gasteiger partial charge in [0.05, 0.1) is 5.69 Å². The van der Waals surface area contributed by atoms with Gasteiger partial charge < -0.3 is 29.9 Å². The Labute approximate surface area is 179 Å². The van der Waals surface area contributed by atoms with Gasteiger partial charge in [-0.3, -0.25) is 9.79 Å². The number of anilines is 1. The number of amides is 1. The van der Waals surface area contributed by atoms with Crippen LogP contribution in [0.2, 0.25) is 0 Å². The summed E-state index contributed by atoms with van der Waals surface area (Å²) in [6.45, 7) is 5.67. The number of carbonyl (C=O) groups is 1. The molecule has 1 aromatic carbocycles. The number of ether oxygens (including phenoxy) is 2. The van der Waals surface area contributed by atoms with E-state index in [0.29, 0.717) is 12.6 Å². The highest BCUT2D eigenvalue weighted by atomic mass is 16.5. The second-order valence-electron chi connectivity index (χ2n) is 7.76. The van der Waals surface area contributed by atoms with Crippen LogP contribution in [0.15, 0.2) is 29.3 Å². The summed E-state index contributed by atoms with van der Waals surface area (Å²) >= 11 is 0. The number of hydrogen-bond acceptors (Lipinski definition) is 5. The normalized spacial score (nSPS) is 18.1. The van der Waals surface area contributed by atoms with Gasteiger partial charge in [-0.05, 0) is 37.8 Å². The van der Waals surface area contributed by atoms with Crippen molar-refractivity contribution in [1.82, 2.24) is 15.5 Å². The van der Waals surface area contributed by atoms with Crippen molar-refractivity contribution in [2.24, 2.45) is 4.99 Å². The molecule has 1 saturated heterocycles. The van der Waals surface area contributed by atoms with Crippen LogP contribution in [-0.4, -0.2) is 82.9 Å². The molecule has 0 saturated carbocycles. The maximum atomic E-state index is 12.2. The van der Waals surface area contributed by atoms with Gasteiger partial charge in [-0.2, -0.15) is 0 Å². The summed E-state index contributed by atoms with van der Waals surface area (Å²) in [5.74, 6) is 1.62. The molecule has 1 fully saturated rings. The van der Waals surface area contributed by atoms with E-state index in [0.717, 1.165) is 75.9 Å². The third kappa shape index (κ3) is 6.34. The van der Waals surface area contributed by atoms with Gasteiger partial charge in [0, 0.05) is 59.5 Å². The molecule has 0 bridgehead atoms. The number of nitrogens with one attached hydrogen (secondary N) is 2. The molecule has 0 aliphatic carbocycles. The second-order valence-corrected chi connectivity index (χ2v) is 7.76. The number of benzene rings is 1. The first-order valence-electron chi connectivity index (χ1n) is 10.9. The van der Waals surface area contributed by atoms with Crippen LogP contribution < -0.4 is 20.3 Å². The van der Waals surface area contributed by atoms with Crippen molar-refractivity contribution in [3.63, 3.8) is 0 Å². The molecular formula is C22H35N5O3. The van der Waals surface area contributed by atoms with Gasteiger partial charge in [-0.1, -0.05) is 12.1 Å². The van der Waals surface area contributed by atoms with Gasteiger partial charge in [0.25, 0.3) is 5.91 Å². The molecule has 3 rings (SSSR count). The van der Waals surface area contributed by atoms with Crippen molar-refractivity contribution in [3.8, 4) is 5.75 Å². The number of methoxy groups -OCH3 is 1. The molecule has 0 aromatic heterocycles. The summed E-state index contributed by atoms with van der Waals surface area (Å²) in [4.78, 5) is 20.9. The lowest BCUT2D eigenvalue weighted by Gasteiger charge is -2.33. The quantitative estimate of drug-likeness (QED) is 0.360. The van der Waals surface area contributed by atoms with Crippen LogP contribution >= 0.6 is 0 Å².